The minimum atomic E-state index is -4.40. The largest absolute Gasteiger partial charge is 0.416 e. The van der Waals surface area contributed by atoms with E-state index in [9.17, 15) is 18.0 Å². The van der Waals surface area contributed by atoms with Crippen LogP contribution in [0.25, 0.3) is 11.4 Å². The summed E-state index contributed by atoms with van der Waals surface area (Å²) in [7, 11) is 1.82. The van der Waals surface area contributed by atoms with E-state index in [0.29, 0.717) is 18.0 Å². The number of halogens is 3. The normalized spacial score (nSPS) is 17.4. The molecule has 1 fully saturated rings. The van der Waals surface area contributed by atoms with Crippen molar-refractivity contribution in [1.82, 2.24) is 15.0 Å². The van der Waals surface area contributed by atoms with Gasteiger partial charge in [-0.3, -0.25) is 9.69 Å². The number of carbonyl (C=O) groups is 1. The number of carbonyl (C=O) groups excluding carboxylic acids is 1. The van der Waals surface area contributed by atoms with Crippen LogP contribution in [0.5, 0.6) is 0 Å². The van der Waals surface area contributed by atoms with E-state index >= 15 is 0 Å². The molecule has 2 heterocycles. The molecular formula is C22H21F3N4O2. The molecule has 2 aromatic carbocycles. The van der Waals surface area contributed by atoms with Crippen molar-refractivity contribution in [3.05, 3.63) is 66.1 Å². The molecule has 0 N–H and O–H groups in total. The average molecular weight is 430 g/mol. The van der Waals surface area contributed by atoms with Gasteiger partial charge in [-0.1, -0.05) is 35.5 Å². The van der Waals surface area contributed by atoms with Gasteiger partial charge in [-0.2, -0.15) is 18.2 Å². The highest BCUT2D eigenvalue weighted by atomic mass is 19.4. The topological polar surface area (TPSA) is 62.5 Å². The number of amides is 1. The third kappa shape index (κ3) is 4.61. The molecule has 0 spiro atoms. The molecule has 1 aliphatic rings. The number of rotatable bonds is 5. The summed E-state index contributed by atoms with van der Waals surface area (Å²) in [5, 5.41) is 3.87. The molecule has 0 bridgehead atoms. The molecular weight excluding hydrogens is 409 g/mol. The van der Waals surface area contributed by atoms with Gasteiger partial charge in [0.15, 0.2) is 0 Å². The zero-order valence-electron chi connectivity index (χ0n) is 16.8. The predicted molar refractivity (Wildman–Crippen MR) is 108 cm³/mol. The standard InChI is InChI=1S/C22H21F3N4O2/c1-28(18-8-5-13-29(21(18)30)17-6-3-2-4-7-17)14-19-26-20(27-31-19)15-9-11-16(12-10-15)22(23,24)25/h2-4,6-7,9-12,18H,5,8,13-14H2,1H3. The summed E-state index contributed by atoms with van der Waals surface area (Å²) in [5.74, 6) is 0.516. The number of nitrogens with zero attached hydrogens (tertiary/aromatic N) is 4. The van der Waals surface area contributed by atoms with Gasteiger partial charge in [-0.25, -0.2) is 0 Å². The first-order chi connectivity index (χ1) is 14.8. The summed E-state index contributed by atoms with van der Waals surface area (Å²) in [4.78, 5) is 21.0. The van der Waals surface area contributed by atoms with Gasteiger partial charge in [0, 0.05) is 17.8 Å². The Bertz CT molecular complexity index is 1030. The van der Waals surface area contributed by atoms with Crippen LogP contribution in [0, 0.1) is 0 Å². The van der Waals surface area contributed by atoms with Crippen molar-refractivity contribution in [2.24, 2.45) is 0 Å². The van der Waals surface area contributed by atoms with Crippen LogP contribution in [0.1, 0.15) is 24.3 Å². The molecule has 1 atom stereocenters. The number of para-hydroxylation sites is 1. The Balaban J connectivity index is 1.44. The molecule has 31 heavy (non-hydrogen) atoms. The van der Waals surface area contributed by atoms with Crippen molar-refractivity contribution in [3.8, 4) is 11.4 Å². The smallest absolute Gasteiger partial charge is 0.338 e. The van der Waals surface area contributed by atoms with Gasteiger partial charge in [-0.05, 0) is 44.2 Å². The Morgan fingerprint density at radius 3 is 2.52 bits per heavy atom. The fraction of sp³-hybridized carbons (Fsp3) is 0.318. The Labute approximate surface area is 177 Å². The number of hydrogen-bond donors (Lipinski definition) is 0. The molecule has 1 aromatic heterocycles. The summed E-state index contributed by atoms with van der Waals surface area (Å²) >= 11 is 0. The maximum absolute atomic E-state index is 13.0. The molecule has 1 saturated heterocycles. The van der Waals surface area contributed by atoms with Gasteiger partial charge < -0.3 is 9.42 Å². The van der Waals surface area contributed by atoms with Gasteiger partial charge in [0.1, 0.15) is 0 Å². The zero-order valence-corrected chi connectivity index (χ0v) is 16.8. The Kier molecular flexibility index (Phi) is 5.77. The Morgan fingerprint density at radius 2 is 1.84 bits per heavy atom. The predicted octanol–water partition coefficient (Wildman–Crippen LogP) is 4.38. The molecule has 1 unspecified atom stereocenters. The van der Waals surface area contributed by atoms with Crippen LogP contribution in [0.2, 0.25) is 0 Å². The summed E-state index contributed by atoms with van der Waals surface area (Å²) < 4.78 is 43.5. The van der Waals surface area contributed by atoms with Crippen LogP contribution in [-0.4, -0.2) is 40.6 Å². The van der Waals surface area contributed by atoms with Crippen LogP contribution in [0.3, 0.4) is 0 Å². The van der Waals surface area contributed by atoms with Gasteiger partial charge in [0.05, 0.1) is 18.2 Å². The van der Waals surface area contributed by atoms with E-state index < -0.39 is 11.7 Å². The zero-order chi connectivity index (χ0) is 22.0. The van der Waals surface area contributed by atoms with Crippen molar-refractivity contribution in [3.63, 3.8) is 0 Å². The van der Waals surface area contributed by atoms with Crippen molar-refractivity contribution in [2.75, 3.05) is 18.5 Å². The molecule has 1 amide bonds. The maximum atomic E-state index is 13.0. The number of hydrogen-bond acceptors (Lipinski definition) is 5. The fourth-order valence-electron chi connectivity index (χ4n) is 3.70. The van der Waals surface area contributed by atoms with Crippen LogP contribution < -0.4 is 4.90 Å². The van der Waals surface area contributed by atoms with Crippen LogP contribution in [0.15, 0.2) is 59.1 Å². The molecule has 4 rings (SSSR count). The summed E-state index contributed by atoms with van der Waals surface area (Å²) in [6.45, 7) is 0.929. The average Bonchev–Trinajstić information content (AvgIpc) is 3.22. The lowest BCUT2D eigenvalue weighted by Gasteiger charge is -2.36. The lowest BCUT2D eigenvalue weighted by atomic mass is 10.0. The van der Waals surface area contributed by atoms with E-state index in [1.54, 1.807) is 4.90 Å². The first-order valence-corrected chi connectivity index (χ1v) is 9.90. The Morgan fingerprint density at radius 1 is 1.13 bits per heavy atom. The minimum absolute atomic E-state index is 0.0161. The molecule has 0 saturated carbocycles. The molecule has 0 radical (unpaired) electrons. The molecule has 162 valence electrons. The summed E-state index contributed by atoms with van der Waals surface area (Å²) in [6.07, 6.45) is -2.81. The number of likely N-dealkylation sites (N-methyl/N-ethyl adjacent to an activating group) is 1. The van der Waals surface area contributed by atoms with Gasteiger partial charge in [0.25, 0.3) is 0 Å². The first-order valence-electron chi connectivity index (χ1n) is 9.90. The number of aromatic nitrogens is 2. The monoisotopic (exact) mass is 430 g/mol. The fourth-order valence-corrected chi connectivity index (χ4v) is 3.70. The quantitative estimate of drug-likeness (QED) is 0.601. The van der Waals surface area contributed by atoms with Gasteiger partial charge in [-0.15, -0.1) is 0 Å². The second-order valence-electron chi connectivity index (χ2n) is 7.49. The molecule has 6 nitrogen and oxygen atoms in total. The molecule has 3 aromatic rings. The third-order valence-corrected chi connectivity index (χ3v) is 5.33. The molecule has 1 aliphatic heterocycles. The SMILES string of the molecule is CN(Cc1nc(-c2ccc(C(F)(F)F)cc2)no1)C1CCCN(c2ccccc2)C1=O. The minimum Gasteiger partial charge on any atom is -0.338 e. The highest BCUT2D eigenvalue weighted by molar-refractivity contribution is 5.97. The number of anilines is 1. The van der Waals surface area contributed by atoms with E-state index in [-0.39, 0.29) is 24.3 Å². The van der Waals surface area contributed by atoms with Crippen molar-refractivity contribution in [1.29, 1.82) is 0 Å². The number of piperidine rings is 1. The molecule has 9 heteroatoms. The first kappa shape index (κ1) is 21.0. The van der Waals surface area contributed by atoms with E-state index in [4.69, 9.17) is 4.52 Å². The van der Waals surface area contributed by atoms with Gasteiger partial charge in [0.2, 0.25) is 17.6 Å². The lowest BCUT2D eigenvalue weighted by Crippen LogP contribution is -2.51. The van der Waals surface area contributed by atoms with E-state index in [2.05, 4.69) is 10.1 Å². The van der Waals surface area contributed by atoms with Crippen LogP contribution in [-0.2, 0) is 17.5 Å². The van der Waals surface area contributed by atoms with Crippen molar-refractivity contribution in [2.45, 2.75) is 31.6 Å². The highest BCUT2D eigenvalue weighted by Crippen LogP contribution is 2.30. The Hall–Kier alpha value is -3.20. The van der Waals surface area contributed by atoms with Crippen LogP contribution >= 0.6 is 0 Å². The van der Waals surface area contributed by atoms with E-state index in [1.807, 2.05) is 42.3 Å². The number of benzene rings is 2. The lowest BCUT2D eigenvalue weighted by molar-refractivity contribution is -0.137. The van der Waals surface area contributed by atoms with Gasteiger partial charge >= 0.3 is 6.18 Å². The maximum Gasteiger partial charge on any atom is 0.416 e. The molecule has 0 aliphatic carbocycles. The van der Waals surface area contributed by atoms with Crippen molar-refractivity contribution < 1.29 is 22.5 Å². The van der Waals surface area contributed by atoms with Crippen molar-refractivity contribution >= 4 is 11.6 Å². The summed E-state index contributed by atoms with van der Waals surface area (Å²) in [5.41, 5.74) is 0.557. The van der Waals surface area contributed by atoms with E-state index in [0.717, 1.165) is 30.7 Å². The third-order valence-electron chi connectivity index (χ3n) is 5.33. The second kappa shape index (κ2) is 8.50. The number of alkyl halides is 3. The second-order valence-corrected chi connectivity index (χ2v) is 7.49. The summed E-state index contributed by atoms with van der Waals surface area (Å²) in [6, 6.07) is 13.8. The van der Waals surface area contributed by atoms with E-state index in [1.165, 1.54) is 12.1 Å². The van der Waals surface area contributed by atoms with Crippen LogP contribution in [0.4, 0.5) is 18.9 Å². The highest BCUT2D eigenvalue weighted by Gasteiger charge is 2.33.